The third-order valence-electron chi connectivity index (χ3n) is 2.23. The number of hydrogen-bond donors (Lipinski definition) is 1. The highest BCUT2D eigenvalue weighted by Crippen LogP contribution is 2.24. The third kappa shape index (κ3) is 3.44. The Morgan fingerprint density at radius 1 is 1.23 bits per heavy atom. The van der Waals surface area contributed by atoms with Crippen molar-refractivity contribution >= 4 is 11.9 Å². The SMILES string of the molecule is CC(=O)NOC(=O)C1CCCCC1. The van der Waals surface area contributed by atoms with Crippen LogP contribution in [0.5, 0.6) is 0 Å². The number of carbonyl (C=O) groups excluding carboxylic acids is 2. The van der Waals surface area contributed by atoms with Gasteiger partial charge in [0.1, 0.15) is 0 Å². The second kappa shape index (κ2) is 4.84. The third-order valence-corrected chi connectivity index (χ3v) is 2.23. The molecule has 0 aromatic rings. The van der Waals surface area contributed by atoms with E-state index in [0.29, 0.717) is 0 Å². The summed E-state index contributed by atoms with van der Waals surface area (Å²) in [5, 5.41) is 0. The fourth-order valence-corrected chi connectivity index (χ4v) is 1.54. The zero-order valence-corrected chi connectivity index (χ0v) is 7.84. The molecule has 4 heteroatoms. The summed E-state index contributed by atoms with van der Waals surface area (Å²) >= 11 is 0. The van der Waals surface area contributed by atoms with Crippen molar-refractivity contribution in [2.45, 2.75) is 39.0 Å². The van der Waals surface area contributed by atoms with E-state index in [0.717, 1.165) is 25.7 Å². The monoisotopic (exact) mass is 185 g/mol. The molecule has 1 aliphatic rings. The Hall–Kier alpha value is -1.06. The van der Waals surface area contributed by atoms with Crippen LogP contribution in [-0.2, 0) is 14.4 Å². The quantitative estimate of drug-likeness (QED) is 0.624. The van der Waals surface area contributed by atoms with Gasteiger partial charge in [0, 0.05) is 6.92 Å². The van der Waals surface area contributed by atoms with Crippen molar-refractivity contribution in [3.63, 3.8) is 0 Å². The van der Waals surface area contributed by atoms with E-state index in [1.165, 1.54) is 13.3 Å². The molecule has 1 amide bonds. The molecule has 1 aliphatic carbocycles. The Morgan fingerprint density at radius 2 is 1.85 bits per heavy atom. The molecule has 13 heavy (non-hydrogen) atoms. The van der Waals surface area contributed by atoms with E-state index in [9.17, 15) is 9.59 Å². The molecule has 1 N–H and O–H groups in total. The smallest absolute Gasteiger partial charge is 0.335 e. The predicted molar refractivity (Wildman–Crippen MR) is 46.5 cm³/mol. The lowest BCUT2D eigenvalue weighted by Gasteiger charge is -2.19. The molecule has 0 radical (unpaired) electrons. The Morgan fingerprint density at radius 3 is 2.38 bits per heavy atom. The summed E-state index contributed by atoms with van der Waals surface area (Å²) < 4.78 is 0. The summed E-state index contributed by atoms with van der Waals surface area (Å²) in [6, 6.07) is 0. The minimum Gasteiger partial charge on any atom is -0.341 e. The molecule has 0 atom stereocenters. The maximum Gasteiger partial charge on any atom is 0.335 e. The summed E-state index contributed by atoms with van der Waals surface area (Å²) in [7, 11) is 0. The molecule has 0 saturated heterocycles. The predicted octanol–water partition coefficient (Wildman–Crippen LogP) is 1.16. The van der Waals surface area contributed by atoms with Crippen molar-refractivity contribution in [1.29, 1.82) is 0 Å². The van der Waals surface area contributed by atoms with E-state index >= 15 is 0 Å². The summed E-state index contributed by atoms with van der Waals surface area (Å²) in [4.78, 5) is 26.3. The molecule has 0 aromatic carbocycles. The lowest BCUT2D eigenvalue weighted by Crippen LogP contribution is -2.29. The Kier molecular flexibility index (Phi) is 3.73. The fourth-order valence-electron chi connectivity index (χ4n) is 1.54. The van der Waals surface area contributed by atoms with Gasteiger partial charge in [-0.2, -0.15) is 5.48 Å². The Bertz CT molecular complexity index is 197. The van der Waals surface area contributed by atoms with Crippen molar-refractivity contribution in [3.8, 4) is 0 Å². The highest BCUT2D eigenvalue weighted by Gasteiger charge is 2.22. The maximum atomic E-state index is 11.3. The van der Waals surface area contributed by atoms with Crippen LogP contribution in [0.4, 0.5) is 0 Å². The number of hydrogen-bond acceptors (Lipinski definition) is 3. The topological polar surface area (TPSA) is 55.4 Å². The molecule has 1 rings (SSSR count). The fraction of sp³-hybridized carbons (Fsp3) is 0.778. The van der Waals surface area contributed by atoms with Crippen LogP contribution in [0.25, 0.3) is 0 Å². The van der Waals surface area contributed by atoms with Crippen molar-refractivity contribution < 1.29 is 14.4 Å². The normalized spacial score (nSPS) is 17.9. The largest absolute Gasteiger partial charge is 0.341 e. The first-order valence-electron chi connectivity index (χ1n) is 4.67. The standard InChI is InChI=1S/C9H15NO3/c1-7(11)10-13-9(12)8-5-3-2-4-6-8/h8H,2-6H2,1H3,(H,10,11). The van der Waals surface area contributed by atoms with Crippen LogP contribution in [-0.4, -0.2) is 11.9 Å². The zero-order chi connectivity index (χ0) is 9.68. The second-order valence-corrected chi connectivity index (χ2v) is 3.41. The van der Waals surface area contributed by atoms with Gasteiger partial charge in [0.25, 0.3) is 0 Å². The summed E-state index contributed by atoms with van der Waals surface area (Å²) in [6.07, 6.45) is 5.14. The van der Waals surface area contributed by atoms with Gasteiger partial charge in [0.15, 0.2) is 0 Å². The van der Waals surface area contributed by atoms with Crippen molar-refractivity contribution in [1.82, 2.24) is 5.48 Å². The molecule has 0 aliphatic heterocycles. The molecule has 0 spiro atoms. The summed E-state index contributed by atoms with van der Waals surface area (Å²) in [6.45, 7) is 1.31. The lowest BCUT2D eigenvalue weighted by atomic mass is 9.89. The number of amides is 1. The molecule has 0 aromatic heterocycles. The number of nitrogens with one attached hydrogen (secondary N) is 1. The molecule has 0 bridgehead atoms. The van der Waals surface area contributed by atoms with Crippen LogP contribution in [0.2, 0.25) is 0 Å². The van der Waals surface area contributed by atoms with Gasteiger partial charge >= 0.3 is 5.97 Å². The van der Waals surface area contributed by atoms with Gasteiger partial charge in [-0.15, -0.1) is 0 Å². The Labute approximate surface area is 77.6 Å². The molecule has 4 nitrogen and oxygen atoms in total. The zero-order valence-electron chi connectivity index (χ0n) is 7.84. The van der Waals surface area contributed by atoms with Crippen molar-refractivity contribution in [2.75, 3.05) is 0 Å². The van der Waals surface area contributed by atoms with E-state index in [2.05, 4.69) is 10.3 Å². The van der Waals surface area contributed by atoms with E-state index in [4.69, 9.17) is 0 Å². The van der Waals surface area contributed by atoms with Crippen molar-refractivity contribution in [2.24, 2.45) is 5.92 Å². The highest BCUT2D eigenvalue weighted by atomic mass is 16.7. The van der Waals surface area contributed by atoms with Crippen molar-refractivity contribution in [3.05, 3.63) is 0 Å². The molecule has 74 valence electrons. The molecule has 0 unspecified atom stereocenters. The van der Waals surface area contributed by atoms with Gasteiger partial charge in [0.2, 0.25) is 5.91 Å². The van der Waals surface area contributed by atoms with Crippen LogP contribution in [0.1, 0.15) is 39.0 Å². The van der Waals surface area contributed by atoms with Gasteiger partial charge in [-0.25, -0.2) is 4.79 Å². The van der Waals surface area contributed by atoms with Crippen LogP contribution >= 0.6 is 0 Å². The number of rotatable bonds is 1. The average molecular weight is 185 g/mol. The van der Waals surface area contributed by atoms with E-state index in [-0.39, 0.29) is 17.8 Å². The van der Waals surface area contributed by atoms with Gasteiger partial charge in [-0.05, 0) is 12.8 Å². The first kappa shape index (κ1) is 10.0. The van der Waals surface area contributed by atoms with Crippen LogP contribution < -0.4 is 5.48 Å². The second-order valence-electron chi connectivity index (χ2n) is 3.41. The Balaban J connectivity index is 2.25. The highest BCUT2D eigenvalue weighted by molar-refractivity contribution is 5.77. The average Bonchev–Trinajstić information content (AvgIpc) is 2.15. The minimum atomic E-state index is -0.343. The number of hydroxylamine groups is 1. The van der Waals surface area contributed by atoms with Gasteiger partial charge in [-0.3, -0.25) is 4.79 Å². The summed E-state index contributed by atoms with van der Waals surface area (Å²) in [5.74, 6) is -0.653. The maximum absolute atomic E-state index is 11.3. The van der Waals surface area contributed by atoms with Crippen LogP contribution in [0.15, 0.2) is 0 Å². The van der Waals surface area contributed by atoms with Crippen LogP contribution in [0, 0.1) is 5.92 Å². The van der Waals surface area contributed by atoms with E-state index < -0.39 is 0 Å². The minimum absolute atomic E-state index is 0.0133. The molecular formula is C9H15NO3. The molecule has 0 heterocycles. The molecule has 1 fully saturated rings. The number of carbonyl (C=O) groups is 2. The first-order chi connectivity index (χ1) is 6.20. The van der Waals surface area contributed by atoms with E-state index in [1.54, 1.807) is 0 Å². The lowest BCUT2D eigenvalue weighted by molar-refractivity contribution is -0.162. The van der Waals surface area contributed by atoms with Gasteiger partial charge in [0.05, 0.1) is 5.92 Å². The van der Waals surface area contributed by atoms with E-state index in [1.807, 2.05) is 0 Å². The summed E-state index contributed by atoms with van der Waals surface area (Å²) in [5.41, 5.74) is 2.05. The van der Waals surface area contributed by atoms with Crippen LogP contribution in [0.3, 0.4) is 0 Å². The molecule has 1 saturated carbocycles. The van der Waals surface area contributed by atoms with Gasteiger partial charge < -0.3 is 4.84 Å². The molecular weight excluding hydrogens is 170 g/mol. The van der Waals surface area contributed by atoms with Gasteiger partial charge in [-0.1, -0.05) is 19.3 Å². The first-order valence-corrected chi connectivity index (χ1v) is 4.67.